The number of allylic oxidation sites excluding steroid dienone is 1. The van der Waals surface area contributed by atoms with E-state index in [1.54, 1.807) is 6.07 Å². The van der Waals surface area contributed by atoms with Crippen LogP contribution in [0.2, 0.25) is 0 Å². The molecule has 0 aliphatic carbocycles. The van der Waals surface area contributed by atoms with Gasteiger partial charge in [-0.3, -0.25) is 0 Å². The molecule has 0 bridgehead atoms. The molecule has 0 saturated heterocycles. The van der Waals surface area contributed by atoms with Crippen molar-refractivity contribution in [2.75, 3.05) is 0 Å². The van der Waals surface area contributed by atoms with Crippen LogP contribution in [0.1, 0.15) is 5.56 Å². The molecular weight excluding hydrogens is 160 g/mol. The summed E-state index contributed by atoms with van der Waals surface area (Å²) >= 11 is 0. The van der Waals surface area contributed by atoms with Crippen LogP contribution >= 0.6 is 0 Å². The van der Waals surface area contributed by atoms with Crippen LogP contribution in [0.5, 0.6) is 0 Å². The van der Waals surface area contributed by atoms with Gasteiger partial charge in [-0.25, -0.2) is 8.78 Å². The zero-order chi connectivity index (χ0) is 8.97. The number of nitriles is 1. The summed E-state index contributed by atoms with van der Waals surface area (Å²) in [5, 5.41) is 8.14. The van der Waals surface area contributed by atoms with E-state index in [2.05, 4.69) is 0 Å². The van der Waals surface area contributed by atoms with E-state index in [0.29, 0.717) is 0 Å². The van der Waals surface area contributed by atoms with Crippen molar-refractivity contribution < 1.29 is 8.78 Å². The van der Waals surface area contributed by atoms with Crippen molar-refractivity contribution in [2.45, 2.75) is 0 Å². The molecule has 0 atom stereocenters. The summed E-state index contributed by atoms with van der Waals surface area (Å²) < 4.78 is 25.1. The maximum Gasteiger partial charge on any atom is 0.133 e. The van der Waals surface area contributed by atoms with Crippen LogP contribution in [0.25, 0.3) is 6.08 Å². The summed E-state index contributed by atoms with van der Waals surface area (Å²) in [6.45, 7) is 0. The molecule has 1 aromatic rings. The van der Waals surface area contributed by atoms with E-state index in [0.717, 1.165) is 18.2 Å². The molecule has 12 heavy (non-hydrogen) atoms. The van der Waals surface area contributed by atoms with Crippen LogP contribution in [-0.2, 0) is 0 Å². The molecule has 1 rings (SSSR count). The molecule has 1 nitrogen and oxygen atoms in total. The van der Waals surface area contributed by atoms with Crippen molar-refractivity contribution in [3.8, 4) is 6.07 Å². The van der Waals surface area contributed by atoms with Crippen LogP contribution in [-0.4, -0.2) is 0 Å². The molecule has 0 N–H and O–H groups in total. The summed E-state index contributed by atoms with van der Waals surface area (Å²) in [6.07, 6.45) is 2.42. The van der Waals surface area contributed by atoms with Gasteiger partial charge in [0.15, 0.2) is 0 Å². The highest BCUT2D eigenvalue weighted by Crippen LogP contribution is 2.10. The molecule has 0 heterocycles. The number of hydrogen-bond acceptors (Lipinski definition) is 1. The molecular formula is C9H5F2N. The summed E-state index contributed by atoms with van der Waals surface area (Å²) in [5.74, 6) is -1.29. The van der Waals surface area contributed by atoms with Crippen LogP contribution in [0.3, 0.4) is 0 Å². The molecule has 0 radical (unpaired) electrons. The topological polar surface area (TPSA) is 23.8 Å². The van der Waals surface area contributed by atoms with E-state index >= 15 is 0 Å². The van der Waals surface area contributed by atoms with Gasteiger partial charge in [-0.15, -0.1) is 0 Å². The molecule has 1 aromatic carbocycles. The lowest BCUT2D eigenvalue weighted by atomic mass is 10.2. The first-order chi connectivity index (χ1) is 5.74. The Morgan fingerprint density at radius 2 is 2.08 bits per heavy atom. The Hall–Kier alpha value is -1.69. The fourth-order valence-electron chi connectivity index (χ4n) is 0.764. The molecule has 0 amide bonds. The molecule has 0 saturated carbocycles. The molecule has 0 spiro atoms. The van der Waals surface area contributed by atoms with Crippen molar-refractivity contribution in [3.05, 3.63) is 41.5 Å². The smallest absolute Gasteiger partial charge is 0.133 e. The van der Waals surface area contributed by atoms with Crippen LogP contribution < -0.4 is 0 Å². The highest BCUT2D eigenvalue weighted by Gasteiger charge is 1.98. The van der Waals surface area contributed by atoms with Gasteiger partial charge in [0.1, 0.15) is 11.6 Å². The quantitative estimate of drug-likeness (QED) is 0.586. The van der Waals surface area contributed by atoms with Gasteiger partial charge in [0.25, 0.3) is 0 Å². The number of rotatable bonds is 1. The van der Waals surface area contributed by atoms with Crippen LogP contribution in [0, 0.1) is 23.0 Å². The third kappa shape index (κ3) is 1.89. The lowest BCUT2D eigenvalue weighted by Gasteiger charge is -1.94. The number of halogens is 2. The Labute approximate surface area is 68.6 Å². The standard InChI is InChI=1S/C9H5F2N/c10-8-4-3-7(2-1-5-12)9(11)6-8/h1-4,6H/b2-1+. The Kier molecular flexibility index (Phi) is 2.54. The van der Waals surface area contributed by atoms with Gasteiger partial charge in [-0.05, 0) is 18.2 Å². The SMILES string of the molecule is N#C/C=C/c1ccc(F)cc1F. The molecule has 0 unspecified atom stereocenters. The van der Waals surface area contributed by atoms with Crippen LogP contribution in [0.15, 0.2) is 24.3 Å². The maximum absolute atomic E-state index is 12.8. The number of hydrogen-bond donors (Lipinski definition) is 0. The fourth-order valence-corrected chi connectivity index (χ4v) is 0.764. The zero-order valence-electron chi connectivity index (χ0n) is 6.09. The van der Waals surface area contributed by atoms with Gasteiger partial charge >= 0.3 is 0 Å². The average molecular weight is 165 g/mol. The summed E-state index contributed by atoms with van der Waals surface area (Å²) in [7, 11) is 0. The summed E-state index contributed by atoms with van der Waals surface area (Å²) in [4.78, 5) is 0. The van der Waals surface area contributed by atoms with Crippen molar-refractivity contribution in [2.24, 2.45) is 0 Å². The second-order valence-electron chi connectivity index (χ2n) is 2.13. The first-order valence-corrected chi connectivity index (χ1v) is 3.25. The molecule has 0 fully saturated rings. The lowest BCUT2D eigenvalue weighted by Crippen LogP contribution is -1.83. The van der Waals surface area contributed by atoms with E-state index in [-0.39, 0.29) is 5.56 Å². The molecule has 0 aromatic heterocycles. The van der Waals surface area contributed by atoms with Gasteiger partial charge < -0.3 is 0 Å². The first-order valence-electron chi connectivity index (χ1n) is 3.25. The lowest BCUT2D eigenvalue weighted by molar-refractivity contribution is 0.581. The van der Waals surface area contributed by atoms with Crippen molar-refractivity contribution in [3.63, 3.8) is 0 Å². The van der Waals surface area contributed by atoms with Crippen LogP contribution in [0.4, 0.5) is 8.78 Å². The molecule has 0 aliphatic rings. The van der Waals surface area contributed by atoms with Gasteiger partial charge in [0, 0.05) is 17.7 Å². The second kappa shape index (κ2) is 3.63. The molecule has 0 aliphatic heterocycles. The predicted molar refractivity (Wildman–Crippen MR) is 41.0 cm³/mol. The largest absolute Gasteiger partial charge is 0.207 e. The van der Waals surface area contributed by atoms with E-state index in [1.807, 2.05) is 0 Å². The fraction of sp³-hybridized carbons (Fsp3) is 0. The minimum Gasteiger partial charge on any atom is -0.207 e. The Bertz CT molecular complexity index is 350. The predicted octanol–water partition coefficient (Wildman–Crippen LogP) is 2.50. The van der Waals surface area contributed by atoms with Crippen molar-refractivity contribution >= 4 is 6.08 Å². The Balaban J connectivity index is 3.03. The van der Waals surface area contributed by atoms with E-state index < -0.39 is 11.6 Å². The number of nitrogens with zero attached hydrogens (tertiary/aromatic N) is 1. The Morgan fingerprint density at radius 1 is 1.33 bits per heavy atom. The van der Waals surface area contributed by atoms with Gasteiger partial charge in [0.2, 0.25) is 0 Å². The Morgan fingerprint density at radius 3 is 2.67 bits per heavy atom. The molecule has 60 valence electrons. The van der Waals surface area contributed by atoms with Gasteiger partial charge in [-0.1, -0.05) is 0 Å². The van der Waals surface area contributed by atoms with E-state index in [4.69, 9.17) is 5.26 Å². The highest BCUT2D eigenvalue weighted by molar-refractivity contribution is 5.52. The van der Waals surface area contributed by atoms with Crippen molar-refractivity contribution in [1.82, 2.24) is 0 Å². The van der Waals surface area contributed by atoms with Gasteiger partial charge in [-0.2, -0.15) is 5.26 Å². The minimum absolute atomic E-state index is 0.206. The third-order valence-electron chi connectivity index (χ3n) is 1.30. The highest BCUT2D eigenvalue weighted by atomic mass is 19.1. The molecule has 3 heteroatoms. The minimum atomic E-state index is -0.665. The van der Waals surface area contributed by atoms with E-state index in [9.17, 15) is 8.78 Å². The van der Waals surface area contributed by atoms with Crippen molar-refractivity contribution in [1.29, 1.82) is 5.26 Å². The normalized spacial score (nSPS) is 10.1. The average Bonchev–Trinajstić information content (AvgIpc) is 2.03. The first kappa shape index (κ1) is 8.41. The second-order valence-corrected chi connectivity index (χ2v) is 2.13. The van der Waals surface area contributed by atoms with Gasteiger partial charge in [0.05, 0.1) is 6.07 Å². The summed E-state index contributed by atoms with van der Waals surface area (Å²) in [5.41, 5.74) is 0.206. The third-order valence-corrected chi connectivity index (χ3v) is 1.30. The summed E-state index contributed by atoms with van der Waals surface area (Å²) in [6, 6.07) is 4.91. The van der Waals surface area contributed by atoms with E-state index in [1.165, 1.54) is 12.1 Å². The number of benzene rings is 1. The maximum atomic E-state index is 12.8. The monoisotopic (exact) mass is 165 g/mol. The zero-order valence-corrected chi connectivity index (χ0v) is 6.09.